The van der Waals surface area contributed by atoms with Crippen LogP contribution in [0.5, 0.6) is 0 Å². The van der Waals surface area contributed by atoms with Crippen LogP contribution in [0.25, 0.3) is 0 Å². The number of nitrogens with zero attached hydrogens (tertiary/aromatic N) is 1. The van der Waals surface area contributed by atoms with Gasteiger partial charge in [0.2, 0.25) is 11.8 Å². The first-order valence-electron chi connectivity index (χ1n) is 6.63. The molecule has 0 spiro atoms. The Morgan fingerprint density at radius 3 is 3.16 bits per heavy atom. The molecule has 0 saturated carbocycles. The van der Waals surface area contributed by atoms with Crippen LogP contribution in [-0.4, -0.2) is 29.4 Å². The number of aryl methyl sites for hydroxylation is 2. The van der Waals surface area contributed by atoms with Gasteiger partial charge in [0, 0.05) is 17.8 Å². The summed E-state index contributed by atoms with van der Waals surface area (Å²) in [6, 6.07) is -0.363. The van der Waals surface area contributed by atoms with Gasteiger partial charge in [0.15, 0.2) is 0 Å². The summed E-state index contributed by atoms with van der Waals surface area (Å²) in [5, 5.41) is 5.64. The molecule has 2 rings (SSSR count). The number of rotatable bonds is 4. The van der Waals surface area contributed by atoms with E-state index in [0.29, 0.717) is 19.4 Å². The maximum absolute atomic E-state index is 11.9. The fourth-order valence-electron chi connectivity index (χ4n) is 2.14. The van der Waals surface area contributed by atoms with Gasteiger partial charge in [0.05, 0.1) is 11.2 Å². The lowest BCUT2D eigenvalue weighted by Crippen LogP contribution is -2.45. The first-order valence-corrected chi connectivity index (χ1v) is 7.51. The number of aromatic nitrogens is 1. The number of nitrogens with one attached hydrogen (secondary N) is 2. The molecule has 1 aliphatic rings. The predicted octanol–water partition coefficient (Wildman–Crippen LogP) is 1.17. The van der Waals surface area contributed by atoms with Gasteiger partial charge in [0.25, 0.3) is 0 Å². The Kier molecular flexibility index (Phi) is 4.90. The molecule has 0 aliphatic carbocycles. The van der Waals surface area contributed by atoms with Crippen molar-refractivity contribution < 1.29 is 9.59 Å². The average Bonchev–Trinajstić information content (AvgIpc) is 2.69. The minimum absolute atomic E-state index is 0.0557. The third kappa shape index (κ3) is 4.02. The van der Waals surface area contributed by atoms with E-state index >= 15 is 0 Å². The Bertz CT molecular complexity index is 458. The normalized spacial score (nSPS) is 19.6. The third-order valence-corrected chi connectivity index (χ3v) is 4.29. The molecule has 5 nitrogen and oxygen atoms in total. The van der Waals surface area contributed by atoms with Crippen molar-refractivity contribution in [2.75, 3.05) is 6.54 Å². The molecule has 1 aromatic rings. The first kappa shape index (κ1) is 14.0. The van der Waals surface area contributed by atoms with Crippen molar-refractivity contribution in [1.29, 1.82) is 0 Å². The highest BCUT2D eigenvalue weighted by atomic mass is 32.1. The van der Waals surface area contributed by atoms with Gasteiger partial charge in [0.1, 0.15) is 6.04 Å². The largest absolute Gasteiger partial charge is 0.354 e. The van der Waals surface area contributed by atoms with Gasteiger partial charge in [-0.2, -0.15) is 0 Å². The van der Waals surface area contributed by atoms with Crippen LogP contribution in [0.1, 0.15) is 36.3 Å². The van der Waals surface area contributed by atoms with Crippen LogP contribution in [0.15, 0.2) is 5.51 Å². The van der Waals surface area contributed by atoms with Crippen molar-refractivity contribution in [1.82, 2.24) is 15.6 Å². The van der Waals surface area contributed by atoms with Crippen molar-refractivity contribution in [3.8, 4) is 0 Å². The van der Waals surface area contributed by atoms with Crippen LogP contribution >= 0.6 is 11.3 Å². The van der Waals surface area contributed by atoms with Crippen molar-refractivity contribution in [3.63, 3.8) is 0 Å². The lowest BCUT2D eigenvalue weighted by molar-refractivity contribution is -0.128. The fourth-order valence-corrected chi connectivity index (χ4v) is 2.92. The van der Waals surface area contributed by atoms with E-state index in [1.54, 1.807) is 16.8 Å². The molecule has 2 N–H and O–H groups in total. The summed E-state index contributed by atoms with van der Waals surface area (Å²) in [5.74, 6) is -0.116. The van der Waals surface area contributed by atoms with Gasteiger partial charge in [-0.1, -0.05) is 0 Å². The molecule has 0 aromatic carbocycles. The van der Waals surface area contributed by atoms with E-state index in [1.165, 1.54) is 0 Å². The molecule has 0 bridgehead atoms. The Labute approximate surface area is 116 Å². The van der Waals surface area contributed by atoms with Gasteiger partial charge in [-0.05, 0) is 32.6 Å². The van der Waals surface area contributed by atoms with E-state index in [1.807, 2.05) is 6.92 Å². The molecule has 104 valence electrons. The van der Waals surface area contributed by atoms with E-state index < -0.39 is 0 Å². The van der Waals surface area contributed by atoms with Crippen molar-refractivity contribution in [3.05, 3.63) is 16.1 Å². The number of hydrogen-bond donors (Lipinski definition) is 2. The van der Waals surface area contributed by atoms with Gasteiger partial charge in [-0.3, -0.25) is 9.59 Å². The Morgan fingerprint density at radius 2 is 2.42 bits per heavy atom. The summed E-state index contributed by atoms with van der Waals surface area (Å²) < 4.78 is 0. The Morgan fingerprint density at radius 1 is 1.58 bits per heavy atom. The fraction of sp³-hybridized carbons (Fsp3) is 0.615. The summed E-state index contributed by atoms with van der Waals surface area (Å²) in [4.78, 5) is 28.9. The summed E-state index contributed by atoms with van der Waals surface area (Å²) in [7, 11) is 0. The Hall–Kier alpha value is -1.43. The van der Waals surface area contributed by atoms with Gasteiger partial charge in [-0.15, -0.1) is 11.3 Å². The summed E-state index contributed by atoms with van der Waals surface area (Å²) in [5.41, 5.74) is 2.78. The molecule has 1 saturated heterocycles. The number of thiazole rings is 1. The van der Waals surface area contributed by atoms with Crippen LogP contribution in [0.2, 0.25) is 0 Å². The lowest BCUT2D eigenvalue weighted by Gasteiger charge is -2.14. The van der Waals surface area contributed by atoms with Crippen LogP contribution in [0.4, 0.5) is 0 Å². The number of carbonyl (C=O) groups excluding carboxylic acids is 2. The second-order valence-corrected chi connectivity index (χ2v) is 5.71. The smallest absolute Gasteiger partial charge is 0.242 e. The quantitative estimate of drug-likeness (QED) is 0.870. The minimum atomic E-state index is -0.363. The highest BCUT2D eigenvalue weighted by Gasteiger charge is 2.22. The van der Waals surface area contributed by atoms with E-state index in [9.17, 15) is 9.59 Å². The van der Waals surface area contributed by atoms with E-state index in [0.717, 1.165) is 29.8 Å². The van der Waals surface area contributed by atoms with E-state index in [-0.39, 0.29) is 17.9 Å². The zero-order valence-electron chi connectivity index (χ0n) is 11.1. The molecule has 1 fully saturated rings. The molecule has 1 aromatic heterocycles. The molecule has 1 aliphatic heterocycles. The van der Waals surface area contributed by atoms with Crippen molar-refractivity contribution in [2.24, 2.45) is 0 Å². The maximum Gasteiger partial charge on any atom is 0.242 e. The average molecular weight is 281 g/mol. The second-order valence-electron chi connectivity index (χ2n) is 4.77. The minimum Gasteiger partial charge on any atom is -0.354 e. The Balaban J connectivity index is 1.80. The number of carbonyl (C=O) groups is 2. The monoisotopic (exact) mass is 281 g/mol. The van der Waals surface area contributed by atoms with Gasteiger partial charge < -0.3 is 10.6 Å². The highest BCUT2D eigenvalue weighted by Crippen LogP contribution is 2.14. The van der Waals surface area contributed by atoms with Gasteiger partial charge >= 0.3 is 0 Å². The van der Waals surface area contributed by atoms with Crippen LogP contribution < -0.4 is 10.6 Å². The SMILES string of the molecule is Cc1ncsc1CCC(=O)N[C@H]1CCCCNC1=O. The molecular formula is C13H19N3O2S. The summed E-state index contributed by atoms with van der Waals surface area (Å²) >= 11 is 1.57. The molecular weight excluding hydrogens is 262 g/mol. The molecule has 1 atom stereocenters. The third-order valence-electron chi connectivity index (χ3n) is 3.29. The molecule has 19 heavy (non-hydrogen) atoms. The summed E-state index contributed by atoms with van der Waals surface area (Å²) in [6.45, 7) is 2.66. The zero-order chi connectivity index (χ0) is 13.7. The number of amides is 2. The standard InChI is InChI=1S/C13H19N3O2S/c1-9-11(19-8-15-9)5-6-12(17)16-10-4-2-3-7-14-13(10)18/h8,10H,2-7H2,1H3,(H,14,18)(H,16,17)/t10-/m0/s1. The molecule has 6 heteroatoms. The van der Waals surface area contributed by atoms with E-state index in [2.05, 4.69) is 15.6 Å². The van der Waals surface area contributed by atoms with Crippen LogP contribution in [0.3, 0.4) is 0 Å². The molecule has 0 radical (unpaired) electrons. The predicted molar refractivity (Wildman–Crippen MR) is 74.0 cm³/mol. The van der Waals surface area contributed by atoms with Gasteiger partial charge in [-0.25, -0.2) is 4.98 Å². The molecule has 2 amide bonds. The van der Waals surface area contributed by atoms with Crippen LogP contribution in [-0.2, 0) is 16.0 Å². The summed E-state index contributed by atoms with van der Waals surface area (Å²) in [6.07, 6.45) is 3.79. The highest BCUT2D eigenvalue weighted by molar-refractivity contribution is 7.09. The topological polar surface area (TPSA) is 71.1 Å². The van der Waals surface area contributed by atoms with Crippen molar-refractivity contribution in [2.45, 2.75) is 45.1 Å². The van der Waals surface area contributed by atoms with E-state index in [4.69, 9.17) is 0 Å². The maximum atomic E-state index is 11.9. The molecule has 0 unspecified atom stereocenters. The second kappa shape index (κ2) is 6.65. The molecule has 2 heterocycles. The zero-order valence-corrected chi connectivity index (χ0v) is 11.9. The first-order chi connectivity index (χ1) is 9.16. The van der Waals surface area contributed by atoms with Crippen LogP contribution in [0, 0.1) is 6.92 Å². The van der Waals surface area contributed by atoms with Crippen molar-refractivity contribution >= 4 is 23.2 Å². The number of hydrogen-bond acceptors (Lipinski definition) is 4. The lowest BCUT2D eigenvalue weighted by atomic mass is 10.1.